The van der Waals surface area contributed by atoms with Crippen molar-refractivity contribution in [3.8, 4) is 0 Å². The molecule has 112 valence electrons. The van der Waals surface area contributed by atoms with Crippen LogP contribution in [0.4, 0.5) is 0 Å². The average molecular weight is 266 g/mol. The van der Waals surface area contributed by atoms with Crippen molar-refractivity contribution >= 4 is 0 Å². The Hall–Kier alpha value is -0.0800. The van der Waals surface area contributed by atoms with E-state index in [0.717, 1.165) is 30.8 Å². The van der Waals surface area contributed by atoms with E-state index in [1.165, 1.54) is 45.3 Å². The second-order valence-corrected chi connectivity index (χ2v) is 8.27. The smallest absolute Gasteiger partial charge is 0.00451 e. The Balaban J connectivity index is 1.72. The van der Waals surface area contributed by atoms with Gasteiger partial charge >= 0.3 is 0 Å². The van der Waals surface area contributed by atoms with Gasteiger partial charge in [-0.15, -0.1) is 0 Å². The Morgan fingerprint density at radius 1 is 1.05 bits per heavy atom. The van der Waals surface area contributed by atoms with Crippen molar-refractivity contribution in [1.29, 1.82) is 0 Å². The van der Waals surface area contributed by atoms with E-state index in [-0.39, 0.29) is 0 Å². The van der Waals surface area contributed by atoms with Crippen LogP contribution < -0.4 is 5.32 Å². The number of nitrogens with one attached hydrogen (secondary N) is 1. The molecular formula is C17H34N2. The van der Waals surface area contributed by atoms with Gasteiger partial charge < -0.3 is 10.2 Å². The van der Waals surface area contributed by atoms with E-state index in [2.05, 4.69) is 37.9 Å². The third kappa shape index (κ3) is 6.76. The van der Waals surface area contributed by atoms with Crippen LogP contribution >= 0.6 is 0 Å². The maximum Gasteiger partial charge on any atom is 0.00451 e. The van der Waals surface area contributed by atoms with Gasteiger partial charge in [-0.3, -0.25) is 0 Å². The van der Waals surface area contributed by atoms with Gasteiger partial charge in [0.25, 0.3) is 0 Å². The van der Waals surface area contributed by atoms with Crippen molar-refractivity contribution in [3.05, 3.63) is 0 Å². The molecule has 0 aromatic carbocycles. The Morgan fingerprint density at radius 2 is 1.58 bits per heavy atom. The van der Waals surface area contributed by atoms with Crippen LogP contribution in [0, 0.1) is 23.2 Å². The lowest BCUT2D eigenvalue weighted by atomic mass is 9.92. The number of hydrogen-bond donors (Lipinski definition) is 1. The lowest BCUT2D eigenvalue weighted by Crippen LogP contribution is -2.42. The maximum atomic E-state index is 3.64. The third-order valence-electron chi connectivity index (χ3n) is 4.23. The summed E-state index contributed by atoms with van der Waals surface area (Å²) in [6.07, 6.45) is 5.92. The summed E-state index contributed by atoms with van der Waals surface area (Å²) in [6.45, 7) is 15.7. The molecule has 0 aliphatic heterocycles. The molecule has 0 unspecified atom stereocenters. The van der Waals surface area contributed by atoms with Crippen molar-refractivity contribution in [2.45, 2.75) is 53.4 Å². The van der Waals surface area contributed by atoms with Crippen LogP contribution in [0.2, 0.25) is 0 Å². The molecule has 0 aromatic rings. The average Bonchev–Trinajstić information content (AvgIpc) is 3.11. The monoisotopic (exact) mass is 266 g/mol. The van der Waals surface area contributed by atoms with E-state index in [9.17, 15) is 0 Å². The molecular weight excluding hydrogens is 232 g/mol. The van der Waals surface area contributed by atoms with Crippen LogP contribution in [0.3, 0.4) is 0 Å². The second-order valence-electron chi connectivity index (χ2n) is 8.27. The molecule has 0 aromatic heterocycles. The van der Waals surface area contributed by atoms with Gasteiger partial charge in [0, 0.05) is 26.2 Å². The molecule has 0 amide bonds. The van der Waals surface area contributed by atoms with E-state index in [4.69, 9.17) is 0 Å². The van der Waals surface area contributed by atoms with E-state index in [1.807, 2.05) is 0 Å². The van der Waals surface area contributed by atoms with Crippen molar-refractivity contribution in [3.63, 3.8) is 0 Å². The Morgan fingerprint density at radius 3 is 2.00 bits per heavy atom. The first-order chi connectivity index (χ1) is 8.94. The Bertz CT molecular complexity index is 250. The lowest BCUT2D eigenvalue weighted by molar-refractivity contribution is 0.162. The Labute approximate surface area is 120 Å². The molecule has 2 saturated carbocycles. The van der Waals surface area contributed by atoms with Crippen LogP contribution in [0.25, 0.3) is 0 Å². The molecule has 2 aliphatic rings. The predicted octanol–water partition coefficient (Wildman–Crippen LogP) is 3.38. The minimum Gasteiger partial charge on any atom is -0.316 e. The summed E-state index contributed by atoms with van der Waals surface area (Å²) in [5.41, 5.74) is 0.401. The predicted molar refractivity (Wildman–Crippen MR) is 83.4 cm³/mol. The highest BCUT2D eigenvalue weighted by molar-refractivity contribution is 4.85. The first-order valence-electron chi connectivity index (χ1n) is 8.38. The molecule has 2 rings (SSSR count). The fourth-order valence-electron chi connectivity index (χ4n) is 2.90. The van der Waals surface area contributed by atoms with Crippen molar-refractivity contribution < 1.29 is 0 Å². The summed E-state index contributed by atoms with van der Waals surface area (Å²) in [4.78, 5) is 2.77. The molecule has 2 heteroatoms. The number of rotatable bonds is 10. The molecule has 2 aliphatic carbocycles. The zero-order valence-corrected chi connectivity index (χ0v) is 13.5. The van der Waals surface area contributed by atoms with Crippen LogP contribution in [-0.2, 0) is 0 Å². The minimum atomic E-state index is 0.401. The van der Waals surface area contributed by atoms with Gasteiger partial charge in [-0.05, 0) is 55.4 Å². The standard InChI is InChI=1S/C17H34N2/c1-14(2)9-18-12-17(3,4)13-19(10-15-5-6-15)11-16-7-8-16/h14-16,18H,5-13H2,1-4H3. The van der Waals surface area contributed by atoms with E-state index >= 15 is 0 Å². The first kappa shape index (κ1) is 15.3. The first-order valence-corrected chi connectivity index (χ1v) is 8.38. The summed E-state index contributed by atoms with van der Waals surface area (Å²) in [7, 11) is 0. The van der Waals surface area contributed by atoms with Gasteiger partial charge in [0.2, 0.25) is 0 Å². The molecule has 2 nitrogen and oxygen atoms in total. The van der Waals surface area contributed by atoms with E-state index < -0.39 is 0 Å². The number of hydrogen-bond acceptors (Lipinski definition) is 2. The quantitative estimate of drug-likeness (QED) is 0.652. The molecule has 0 radical (unpaired) electrons. The minimum absolute atomic E-state index is 0.401. The molecule has 0 bridgehead atoms. The summed E-state index contributed by atoms with van der Waals surface area (Å²) in [6, 6.07) is 0. The van der Waals surface area contributed by atoms with Gasteiger partial charge in [-0.2, -0.15) is 0 Å². The highest BCUT2D eigenvalue weighted by Gasteiger charge is 2.31. The molecule has 0 spiro atoms. The molecule has 0 atom stereocenters. The van der Waals surface area contributed by atoms with Crippen molar-refractivity contribution in [1.82, 2.24) is 10.2 Å². The summed E-state index contributed by atoms with van der Waals surface area (Å²) in [5, 5.41) is 3.64. The molecule has 19 heavy (non-hydrogen) atoms. The van der Waals surface area contributed by atoms with Crippen LogP contribution in [0.5, 0.6) is 0 Å². The zero-order valence-electron chi connectivity index (χ0n) is 13.5. The van der Waals surface area contributed by atoms with Gasteiger partial charge in [0.1, 0.15) is 0 Å². The summed E-state index contributed by atoms with van der Waals surface area (Å²) < 4.78 is 0. The SMILES string of the molecule is CC(C)CNCC(C)(C)CN(CC1CC1)CC1CC1. The van der Waals surface area contributed by atoms with Gasteiger partial charge in [-0.25, -0.2) is 0 Å². The van der Waals surface area contributed by atoms with Crippen molar-refractivity contribution in [2.75, 3.05) is 32.7 Å². The highest BCUT2D eigenvalue weighted by atomic mass is 15.1. The summed E-state index contributed by atoms with van der Waals surface area (Å²) >= 11 is 0. The van der Waals surface area contributed by atoms with E-state index in [1.54, 1.807) is 0 Å². The third-order valence-corrected chi connectivity index (χ3v) is 4.23. The fraction of sp³-hybridized carbons (Fsp3) is 1.00. The maximum absolute atomic E-state index is 3.64. The van der Waals surface area contributed by atoms with Crippen LogP contribution in [0.1, 0.15) is 53.4 Å². The van der Waals surface area contributed by atoms with Crippen molar-refractivity contribution in [2.24, 2.45) is 23.2 Å². The van der Waals surface area contributed by atoms with Gasteiger partial charge in [-0.1, -0.05) is 27.7 Å². The lowest BCUT2D eigenvalue weighted by Gasteiger charge is -2.33. The topological polar surface area (TPSA) is 15.3 Å². The second kappa shape index (κ2) is 6.58. The normalized spacial score (nSPS) is 20.5. The molecule has 0 heterocycles. The molecule has 2 fully saturated rings. The fourth-order valence-corrected chi connectivity index (χ4v) is 2.90. The largest absolute Gasteiger partial charge is 0.316 e. The zero-order chi connectivity index (χ0) is 13.9. The molecule has 1 N–H and O–H groups in total. The van der Waals surface area contributed by atoms with Crippen LogP contribution in [0.15, 0.2) is 0 Å². The van der Waals surface area contributed by atoms with E-state index in [0.29, 0.717) is 5.41 Å². The highest BCUT2D eigenvalue weighted by Crippen LogP contribution is 2.34. The van der Waals surface area contributed by atoms with Gasteiger partial charge in [0.05, 0.1) is 0 Å². The van der Waals surface area contributed by atoms with Crippen LogP contribution in [-0.4, -0.2) is 37.6 Å². The summed E-state index contributed by atoms with van der Waals surface area (Å²) in [5.74, 6) is 2.81. The number of nitrogens with zero attached hydrogens (tertiary/aromatic N) is 1. The van der Waals surface area contributed by atoms with Gasteiger partial charge in [0.15, 0.2) is 0 Å². The molecule has 0 saturated heterocycles. The Kier molecular flexibility index (Phi) is 5.30.